The highest BCUT2D eigenvalue weighted by Gasteiger charge is 2.30. The van der Waals surface area contributed by atoms with Gasteiger partial charge in [-0.15, -0.1) is 5.10 Å². The van der Waals surface area contributed by atoms with Crippen LogP contribution in [-0.2, 0) is 12.7 Å². The molecule has 0 fully saturated rings. The molecular weight excluding hydrogens is 376 g/mol. The van der Waals surface area contributed by atoms with Gasteiger partial charge in [-0.1, -0.05) is 12.1 Å². The van der Waals surface area contributed by atoms with E-state index in [2.05, 4.69) is 10.1 Å². The third-order valence-corrected chi connectivity index (χ3v) is 4.08. The highest BCUT2D eigenvalue weighted by atomic mass is 19.4. The predicted molar refractivity (Wildman–Crippen MR) is 93.3 cm³/mol. The number of halogens is 4. The molecular formula is C19H16F4N4O. The molecule has 0 N–H and O–H groups in total. The van der Waals surface area contributed by atoms with Gasteiger partial charge in [-0.2, -0.15) is 13.2 Å². The first-order valence-corrected chi connectivity index (χ1v) is 8.26. The Bertz CT molecular complexity index is 979. The second kappa shape index (κ2) is 7.41. The molecule has 3 aromatic rings. The van der Waals surface area contributed by atoms with E-state index in [1.807, 2.05) is 0 Å². The van der Waals surface area contributed by atoms with Gasteiger partial charge in [0, 0.05) is 13.6 Å². The van der Waals surface area contributed by atoms with Gasteiger partial charge in [-0.05, 0) is 48.9 Å². The number of carbonyl (C=O) groups excluding carboxylic acids is 1. The van der Waals surface area contributed by atoms with Gasteiger partial charge in [0.2, 0.25) is 5.82 Å². The van der Waals surface area contributed by atoms with Crippen molar-refractivity contribution in [2.24, 2.45) is 0 Å². The van der Waals surface area contributed by atoms with Crippen LogP contribution in [0.4, 0.5) is 17.6 Å². The molecule has 0 unspecified atom stereocenters. The van der Waals surface area contributed by atoms with Crippen LogP contribution >= 0.6 is 0 Å². The lowest BCUT2D eigenvalue weighted by Gasteiger charge is -2.16. The smallest absolute Gasteiger partial charge is 0.335 e. The van der Waals surface area contributed by atoms with E-state index in [0.29, 0.717) is 17.1 Å². The van der Waals surface area contributed by atoms with Crippen LogP contribution in [0.5, 0.6) is 0 Å². The molecule has 0 radical (unpaired) electrons. The van der Waals surface area contributed by atoms with Crippen molar-refractivity contribution in [2.75, 3.05) is 7.05 Å². The molecule has 28 heavy (non-hydrogen) atoms. The lowest BCUT2D eigenvalue weighted by Crippen LogP contribution is -2.27. The summed E-state index contributed by atoms with van der Waals surface area (Å²) in [4.78, 5) is 18.0. The van der Waals surface area contributed by atoms with Crippen molar-refractivity contribution in [3.63, 3.8) is 0 Å². The zero-order valence-corrected chi connectivity index (χ0v) is 15.0. The monoisotopic (exact) mass is 392 g/mol. The van der Waals surface area contributed by atoms with Gasteiger partial charge in [-0.25, -0.2) is 14.1 Å². The maximum atomic E-state index is 13.1. The Morgan fingerprint density at radius 2 is 1.68 bits per heavy atom. The van der Waals surface area contributed by atoms with Gasteiger partial charge < -0.3 is 4.90 Å². The average molecular weight is 392 g/mol. The van der Waals surface area contributed by atoms with Crippen molar-refractivity contribution in [3.8, 4) is 5.69 Å². The van der Waals surface area contributed by atoms with E-state index in [4.69, 9.17) is 0 Å². The molecule has 0 saturated carbocycles. The fourth-order valence-corrected chi connectivity index (χ4v) is 2.62. The van der Waals surface area contributed by atoms with E-state index < -0.39 is 23.5 Å². The fraction of sp³-hybridized carbons (Fsp3) is 0.211. The Kier molecular flexibility index (Phi) is 5.17. The number of nitrogens with zero attached hydrogens (tertiary/aromatic N) is 4. The summed E-state index contributed by atoms with van der Waals surface area (Å²) in [6.07, 6.45) is -4.41. The first-order valence-electron chi connectivity index (χ1n) is 8.26. The maximum absolute atomic E-state index is 13.1. The lowest BCUT2D eigenvalue weighted by molar-refractivity contribution is -0.137. The molecule has 0 spiro atoms. The molecule has 1 heterocycles. The van der Waals surface area contributed by atoms with E-state index in [0.717, 1.165) is 12.1 Å². The highest BCUT2D eigenvalue weighted by Crippen LogP contribution is 2.29. The van der Waals surface area contributed by atoms with Crippen LogP contribution in [-0.4, -0.2) is 32.6 Å². The number of hydrogen-bond donors (Lipinski definition) is 0. The lowest BCUT2D eigenvalue weighted by atomic mass is 10.1. The average Bonchev–Trinajstić information content (AvgIpc) is 3.03. The summed E-state index contributed by atoms with van der Waals surface area (Å²) < 4.78 is 52.4. The van der Waals surface area contributed by atoms with Crippen LogP contribution in [0.2, 0.25) is 0 Å². The molecule has 0 aliphatic carbocycles. The minimum Gasteiger partial charge on any atom is -0.335 e. The van der Waals surface area contributed by atoms with E-state index in [1.165, 1.54) is 53.0 Å². The first kappa shape index (κ1) is 19.5. The summed E-state index contributed by atoms with van der Waals surface area (Å²) in [5.74, 6) is -0.493. The van der Waals surface area contributed by atoms with E-state index >= 15 is 0 Å². The molecule has 0 aliphatic heterocycles. The van der Waals surface area contributed by atoms with Crippen LogP contribution in [0, 0.1) is 12.7 Å². The molecule has 3 rings (SSSR count). The van der Waals surface area contributed by atoms with Crippen LogP contribution in [0.1, 0.15) is 27.6 Å². The van der Waals surface area contributed by atoms with E-state index in [1.54, 1.807) is 6.92 Å². The second-order valence-electron chi connectivity index (χ2n) is 6.23. The van der Waals surface area contributed by atoms with Crippen LogP contribution in [0.25, 0.3) is 5.69 Å². The zero-order chi connectivity index (χ0) is 20.5. The van der Waals surface area contributed by atoms with Crippen LogP contribution in [0.15, 0.2) is 48.5 Å². The van der Waals surface area contributed by atoms with E-state index in [9.17, 15) is 22.4 Å². The molecule has 1 amide bonds. The van der Waals surface area contributed by atoms with Gasteiger partial charge in [0.25, 0.3) is 5.91 Å². The van der Waals surface area contributed by atoms with E-state index in [-0.39, 0.29) is 12.4 Å². The van der Waals surface area contributed by atoms with Gasteiger partial charge in [0.1, 0.15) is 11.6 Å². The Hall–Kier alpha value is -3.23. The molecule has 0 atom stereocenters. The number of rotatable bonds is 4. The topological polar surface area (TPSA) is 51.0 Å². The Morgan fingerprint density at radius 1 is 1.07 bits per heavy atom. The summed E-state index contributed by atoms with van der Waals surface area (Å²) in [5, 5.41) is 4.16. The molecule has 9 heteroatoms. The van der Waals surface area contributed by atoms with Crippen LogP contribution < -0.4 is 0 Å². The number of hydrogen-bond acceptors (Lipinski definition) is 3. The van der Waals surface area contributed by atoms with Crippen molar-refractivity contribution in [3.05, 3.63) is 77.1 Å². The molecule has 0 bridgehead atoms. The number of carbonyl (C=O) groups is 1. The van der Waals surface area contributed by atoms with Crippen molar-refractivity contribution in [1.82, 2.24) is 19.7 Å². The molecule has 0 aliphatic rings. The second-order valence-corrected chi connectivity index (χ2v) is 6.23. The molecule has 146 valence electrons. The number of aromatic nitrogens is 3. The van der Waals surface area contributed by atoms with Crippen molar-refractivity contribution in [2.45, 2.75) is 19.6 Å². The largest absolute Gasteiger partial charge is 0.416 e. The molecule has 5 nitrogen and oxygen atoms in total. The third kappa shape index (κ3) is 4.19. The fourth-order valence-electron chi connectivity index (χ4n) is 2.62. The molecule has 1 aromatic heterocycles. The van der Waals surface area contributed by atoms with Crippen LogP contribution in [0.3, 0.4) is 0 Å². The molecule has 0 saturated heterocycles. The van der Waals surface area contributed by atoms with Crippen molar-refractivity contribution < 1.29 is 22.4 Å². The SMILES string of the molecule is Cc1nc(C(=O)N(C)Cc2ccc(C(F)(F)F)cc2)nn1-c1ccc(F)cc1. The minimum absolute atomic E-state index is 0.0590. The van der Waals surface area contributed by atoms with Gasteiger partial charge in [0.15, 0.2) is 0 Å². The van der Waals surface area contributed by atoms with Crippen molar-refractivity contribution in [1.29, 1.82) is 0 Å². The first-order chi connectivity index (χ1) is 13.1. The van der Waals surface area contributed by atoms with Gasteiger partial charge in [-0.3, -0.25) is 4.79 Å². The minimum atomic E-state index is -4.41. The number of alkyl halides is 3. The summed E-state index contributed by atoms with van der Waals surface area (Å²) in [5.41, 5.74) is 0.343. The standard InChI is InChI=1S/C19H16F4N4O/c1-12-24-17(25-27(12)16-9-7-15(20)8-10-16)18(28)26(2)11-13-3-5-14(6-4-13)19(21,22)23/h3-10H,11H2,1-2H3. The highest BCUT2D eigenvalue weighted by molar-refractivity contribution is 5.90. The Labute approximate surface area is 158 Å². The van der Waals surface area contributed by atoms with Gasteiger partial charge >= 0.3 is 6.18 Å². The summed E-state index contributed by atoms with van der Waals surface area (Å²) >= 11 is 0. The Morgan fingerprint density at radius 3 is 2.25 bits per heavy atom. The third-order valence-electron chi connectivity index (χ3n) is 4.08. The molecule has 2 aromatic carbocycles. The quantitative estimate of drug-likeness (QED) is 0.631. The van der Waals surface area contributed by atoms with Gasteiger partial charge in [0.05, 0.1) is 11.3 Å². The number of benzene rings is 2. The summed E-state index contributed by atoms with van der Waals surface area (Å²) in [6, 6.07) is 10.2. The predicted octanol–water partition coefficient (Wildman–Crippen LogP) is 4.01. The number of amides is 1. The Balaban J connectivity index is 1.75. The summed E-state index contributed by atoms with van der Waals surface area (Å²) in [6.45, 7) is 1.75. The normalized spacial score (nSPS) is 11.5. The zero-order valence-electron chi connectivity index (χ0n) is 15.0. The maximum Gasteiger partial charge on any atom is 0.416 e. The van der Waals surface area contributed by atoms with Crippen molar-refractivity contribution >= 4 is 5.91 Å². The number of aryl methyl sites for hydroxylation is 1. The summed E-state index contributed by atoms with van der Waals surface area (Å²) in [7, 11) is 1.51.